The highest BCUT2D eigenvalue weighted by atomic mass is 16.5. The number of nitrogens with one attached hydrogen (secondary N) is 2. The SMILES string of the molecule is C=C[N+](=CNC)CC(=O)NCCCOC. The van der Waals surface area contributed by atoms with Gasteiger partial charge in [0, 0.05) is 20.3 Å². The predicted octanol–water partition coefficient (Wildman–Crippen LogP) is -0.457. The summed E-state index contributed by atoms with van der Waals surface area (Å²) < 4.78 is 6.54. The van der Waals surface area contributed by atoms with Gasteiger partial charge in [-0.3, -0.25) is 10.1 Å². The summed E-state index contributed by atoms with van der Waals surface area (Å²) in [4.78, 5) is 11.4. The van der Waals surface area contributed by atoms with E-state index >= 15 is 0 Å². The van der Waals surface area contributed by atoms with Gasteiger partial charge in [-0.05, 0) is 6.42 Å². The highest BCUT2D eigenvalue weighted by Gasteiger charge is 2.04. The van der Waals surface area contributed by atoms with Gasteiger partial charge in [0.15, 0.2) is 6.54 Å². The van der Waals surface area contributed by atoms with E-state index in [1.54, 1.807) is 31.3 Å². The van der Waals surface area contributed by atoms with E-state index in [0.29, 0.717) is 13.2 Å². The maximum Gasteiger partial charge on any atom is 0.262 e. The molecular weight excluding hydrogens is 194 g/mol. The van der Waals surface area contributed by atoms with Crippen molar-refractivity contribution in [1.82, 2.24) is 10.6 Å². The topological polar surface area (TPSA) is 53.4 Å². The zero-order valence-electron chi connectivity index (χ0n) is 9.45. The molecule has 0 aliphatic heterocycles. The van der Waals surface area contributed by atoms with Gasteiger partial charge >= 0.3 is 0 Å². The first-order valence-electron chi connectivity index (χ1n) is 4.89. The van der Waals surface area contributed by atoms with Crippen molar-refractivity contribution in [2.75, 3.05) is 33.9 Å². The predicted molar refractivity (Wildman–Crippen MR) is 60.0 cm³/mol. The first-order valence-corrected chi connectivity index (χ1v) is 4.89. The van der Waals surface area contributed by atoms with Crippen molar-refractivity contribution < 1.29 is 14.1 Å². The summed E-state index contributed by atoms with van der Waals surface area (Å²) in [6.45, 7) is 5.17. The minimum Gasteiger partial charge on any atom is -0.385 e. The molecule has 0 atom stereocenters. The van der Waals surface area contributed by atoms with Gasteiger partial charge in [0.1, 0.15) is 0 Å². The van der Waals surface area contributed by atoms with E-state index in [4.69, 9.17) is 4.74 Å². The second-order valence-electron chi connectivity index (χ2n) is 2.97. The van der Waals surface area contributed by atoms with E-state index in [1.165, 1.54) is 0 Å². The summed E-state index contributed by atoms with van der Waals surface area (Å²) in [6.07, 6.45) is 4.10. The monoisotopic (exact) mass is 214 g/mol. The van der Waals surface area contributed by atoms with Crippen LogP contribution in [-0.2, 0) is 9.53 Å². The van der Waals surface area contributed by atoms with E-state index in [-0.39, 0.29) is 12.5 Å². The van der Waals surface area contributed by atoms with Crippen LogP contribution >= 0.6 is 0 Å². The maximum atomic E-state index is 11.4. The quantitative estimate of drug-likeness (QED) is 0.249. The molecule has 0 spiro atoms. The first kappa shape index (κ1) is 13.6. The van der Waals surface area contributed by atoms with Crippen LogP contribution in [-0.4, -0.2) is 50.7 Å². The highest BCUT2D eigenvalue weighted by molar-refractivity contribution is 5.77. The first-order chi connectivity index (χ1) is 7.24. The fourth-order valence-corrected chi connectivity index (χ4v) is 0.995. The Kier molecular flexibility index (Phi) is 8.37. The van der Waals surface area contributed by atoms with E-state index < -0.39 is 0 Å². The Balaban J connectivity index is 3.72. The van der Waals surface area contributed by atoms with Gasteiger partial charge in [0.25, 0.3) is 5.91 Å². The van der Waals surface area contributed by atoms with Crippen LogP contribution in [0.25, 0.3) is 0 Å². The summed E-state index contributed by atoms with van der Waals surface area (Å²) in [6, 6.07) is 0. The van der Waals surface area contributed by atoms with Crippen LogP contribution in [0.2, 0.25) is 0 Å². The Morgan fingerprint density at radius 2 is 2.33 bits per heavy atom. The van der Waals surface area contributed by atoms with Crippen LogP contribution in [0.1, 0.15) is 6.42 Å². The molecule has 1 amide bonds. The molecule has 0 aromatic carbocycles. The molecule has 0 aromatic rings. The number of carbonyl (C=O) groups is 1. The standard InChI is InChI=1S/C10H19N3O2/c1-4-13(9-11-2)8-10(14)12-6-5-7-15-3/h4,9H,1,5-8H2,2-3H3,(H,12,14)/p+1. The fourth-order valence-electron chi connectivity index (χ4n) is 0.995. The van der Waals surface area contributed by atoms with Crippen LogP contribution in [0.15, 0.2) is 12.8 Å². The lowest BCUT2D eigenvalue weighted by molar-refractivity contribution is -0.441. The van der Waals surface area contributed by atoms with Gasteiger partial charge in [-0.15, -0.1) is 0 Å². The largest absolute Gasteiger partial charge is 0.385 e. The zero-order valence-corrected chi connectivity index (χ0v) is 9.45. The van der Waals surface area contributed by atoms with E-state index in [1.807, 2.05) is 0 Å². The van der Waals surface area contributed by atoms with Crippen molar-refractivity contribution in [3.8, 4) is 0 Å². The normalized spacial score (nSPS) is 10.9. The van der Waals surface area contributed by atoms with Gasteiger partial charge in [0.05, 0.1) is 13.2 Å². The third kappa shape index (κ3) is 7.69. The minimum atomic E-state index is -0.0301. The summed E-state index contributed by atoms with van der Waals surface area (Å²) in [7, 11) is 3.41. The van der Waals surface area contributed by atoms with Crippen molar-refractivity contribution in [3.63, 3.8) is 0 Å². The van der Waals surface area contributed by atoms with Crippen molar-refractivity contribution in [3.05, 3.63) is 12.8 Å². The van der Waals surface area contributed by atoms with Crippen LogP contribution in [0, 0.1) is 0 Å². The molecule has 0 aliphatic rings. The van der Waals surface area contributed by atoms with Gasteiger partial charge in [0.2, 0.25) is 6.34 Å². The smallest absolute Gasteiger partial charge is 0.262 e. The molecule has 0 heterocycles. The van der Waals surface area contributed by atoms with Crippen molar-refractivity contribution in [2.24, 2.45) is 0 Å². The average molecular weight is 214 g/mol. The van der Waals surface area contributed by atoms with E-state index in [2.05, 4.69) is 17.2 Å². The lowest BCUT2D eigenvalue weighted by atomic mass is 10.4. The third-order valence-corrected chi connectivity index (χ3v) is 1.70. The summed E-state index contributed by atoms with van der Waals surface area (Å²) in [5.41, 5.74) is 0. The molecule has 5 nitrogen and oxygen atoms in total. The van der Waals surface area contributed by atoms with Crippen molar-refractivity contribution >= 4 is 12.2 Å². The molecule has 0 aliphatic carbocycles. The van der Waals surface area contributed by atoms with Crippen LogP contribution in [0.4, 0.5) is 0 Å². The summed E-state index contributed by atoms with van der Waals surface area (Å²) in [5, 5.41) is 5.61. The van der Waals surface area contributed by atoms with Crippen LogP contribution in [0.3, 0.4) is 0 Å². The zero-order chi connectivity index (χ0) is 11.5. The Labute approximate surface area is 90.8 Å². The number of hydrogen-bond donors (Lipinski definition) is 2. The summed E-state index contributed by atoms with van der Waals surface area (Å²) >= 11 is 0. The number of carbonyl (C=O) groups excluding carboxylic acids is 1. The number of hydrogen-bond acceptors (Lipinski definition) is 2. The maximum absolute atomic E-state index is 11.4. The third-order valence-electron chi connectivity index (χ3n) is 1.70. The highest BCUT2D eigenvalue weighted by Crippen LogP contribution is 1.79. The number of rotatable bonds is 8. The number of nitrogens with zero attached hydrogens (tertiary/aromatic N) is 1. The van der Waals surface area contributed by atoms with Gasteiger partial charge < -0.3 is 10.1 Å². The molecule has 5 heteroatoms. The molecule has 0 aromatic heterocycles. The molecule has 0 saturated carbocycles. The van der Waals surface area contributed by atoms with Crippen LogP contribution < -0.4 is 10.6 Å². The Morgan fingerprint density at radius 1 is 1.60 bits per heavy atom. The lowest BCUT2D eigenvalue weighted by Crippen LogP contribution is -2.33. The Hall–Kier alpha value is -1.36. The molecule has 0 bridgehead atoms. The molecule has 0 radical (unpaired) electrons. The molecule has 0 saturated heterocycles. The van der Waals surface area contributed by atoms with Crippen molar-refractivity contribution in [1.29, 1.82) is 0 Å². The number of ether oxygens (including phenoxy) is 1. The molecule has 86 valence electrons. The second-order valence-corrected chi connectivity index (χ2v) is 2.97. The van der Waals surface area contributed by atoms with Crippen LogP contribution in [0.5, 0.6) is 0 Å². The molecule has 0 rings (SSSR count). The average Bonchev–Trinajstić information content (AvgIpc) is 2.24. The number of methoxy groups -OCH3 is 1. The molecule has 2 N–H and O–H groups in total. The molecular formula is C10H20N3O2+. The fraction of sp³-hybridized carbons (Fsp3) is 0.600. The van der Waals surface area contributed by atoms with Gasteiger partial charge in [-0.2, -0.15) is 0 Å². The van der Waals surface area contributed by atoms with E-state index in [0.717, 1.165) is 6.42 Å². The summed E-state index contributed by atoms with van der Waals surface area (Å²) in [5.74, 6) is -0.0301. The lowest BCUT2D eigenvalue weighted by Gasteiger charge is -2.04. The van der Waals surface area contributed by atoms with E-state index in [9.17, 15) is 4.79 Å². The molecule has 0 unspecified atom stereocenters. The minimum absolute atomic E-state index is 0.0301. The van der Waals surface area contributed by atoms with Gasteiger partial charge in [-0.25, -0.2) is 4.58 Å². The number of amides is 1. The van der Waals surface area contributed by atoms with Gasteiger partial charge in [-0.1, -0.05) is 6.58 Å². The second kappa shape index (κ2) is 9.21. The Morgan fingerprint density at radius 3 is 2.87 bits per heavy atom. The molecule has 15 heavy (non-hydrogen) atoms. The van der Waals surface area contributed by atoms with Crippen molar-refractivity contribution in [2.45, 2.75) is 6.42 Å². The Bertz CT molecular complexity index is 227. The molecule has 0 fully saturated rings.